The normalized spacial score (nSPS) is 17.4. The first-order chi connectivity index (χ1) is 8.24. The smallest absolute Gasteiger partial charge is 0.263 e. The van der Waals surface area contributed by atoms with Crippen LogP contribution in [0.4, 0.5) is 0 Å². The minimum absolute atomic E-state index is 0.158. The lowest BCUT2D eigenvalue weighted by Gasteiger charge is -2.30. The van der Waals surface area contributed by atoms with Crippen LogP contribution < -0.4 is 0 Å². The van der Waals surface area contributed by atoms with Crippen LogP contribution in [0.5, 0.6) is 0 Å². The van der Waals surface area contributed by atoms with Gasteiger partial charge in [-0.15, -0.1) is 11.3 Å². The molecule has 1 amide bonds. The molecule has 2 rings (SSSR count). The Morgan fingerprint density at radius 1 is 1.47 bits per heavy atom. The average Bonchev–Trinajstić information content (AvgIpc) is 2.87. The molecule has 0 aliphatic carbocycles. The van der Waals surface area contributed by atoms with Crippen LogP contribution in [0.3, 0.4) is 0 Å². The number of likely N-dealkylation sites (tertiary alicyclic amines) is 1. The number of carbonyl (C=O) groups excluding carboxylic acids is 1. The maximum absolute atomic E-state index is 12.2. The van der Waals surface area contributed by atoms with Gasteiger partial charge in [0.05, 0.1) is 4.88 Å². The summed E-state index contributed by atoms with van der Waals surface area (Å²) in [4.78, 5) is 16.2. The number of nitrogens with zero attached hydrogens (tertiary/aromatic N) is 1. The second-order valence-electron chi connectivity index (χ2n) is 4.54. The number of aryl methyl sites for hydroxylation is 1. The summed E-state index contributed by atoms with van der Waals surface area (Å²) in [6.07, 6.45) is 2.84. The highest BCUT2D eigenvalue weighted by Crippen LogP contribution is 2.22. The molecule has 2 heterocycles. The monoisotopic (exact) mass is 253 g/mol. The van der Waals surface area contributed by atoms with E-state index in [1.54, 1.807) is 11.3 Å². The maximum Gasteiger partial charge on any atom is 0.263 e. The minimum Gasteiger partial charge on any atom is -0.396 e. The van der Waals surface area contributed by atoms with Gasteiger partial charge in [-0.3, -0.25) is 4.79 Å². The van der Waals surface area contributed by atoms with Crippen LogP contribution in [0, 0.1) is 5.92 Å². The molecule has 0 bridgehead atoms. The van der Waals surface area contributed by atoms with Gasteiger partial charge in [0.25, 0.3) is 5.91 Å². The summed E-state index contributed by atoms with van der Waals surface area (Å²) < 4.78 is 0. The Balaban J connectivity index is 1.96. The molecule has 17 heavy (non-hydrogen) atoms. The zero-order chi connectivity index (χ0) is 12.3. The van der Waals surface area contributed by atoms with E-state index in [0.717, 1.165) is 37.2 Å². The largest absolute Gasteiger partial charge is 0.396 e. The molecule has 3 nitrogen and oxygen atoms in total. The van der Waals surface area contributed by atoms with Gasteiger partial charge in [0.15, 0.2) is 0 Å². The van der Waals surface area contributed by atoms with Crippen molar-refractivity contribution < 1.29 is 9.90 Å². The second kappa shape index (κ2) is 5.65. The molecular weight excluding hydrogens is 234 g/mol. The fraction of sp³-hybridized carbons (Fsp3) is 0.615. The Bertz CT molecular complexity index is 381. The lowest BCUT2D eigenvalue weighted by molar-refractivity contribution is 0.0655. The van der Waals surface area contributed by atoms with Gasteiger partial charge in [0.2, 0.25) is 0 Å². The highest BCUT2D eigenvalue weighted by atomic mass is 32.1. The maximum atomic E-state index is 12.2. The number of thiophene rings is 1. The Kier molecular flexibility index (Phi) is 4.18. The van der Waals surface area contributed by atoms with Crippen molar-refractivity contribution in [3.63, 3.8) is 0 Å². The van der Waals surface area contributed by atoms with Gasteiger partial charge in [-0.05, 0) is 37.3 Å². The van der Waals surface area contributed by atoms with Crippen LogP contribution in [0.1, 0.15) is 34.3 Å². The molecule has 1 saturated heterocycles. The van der Waals surface area contributed by atoms with Crippen LogP contribution >= 0.6 is 11.3 Å². The van der Waals surface area contributed by atoms with Crippen molar-refractivity contribution in [1.29, 1.82) is 0 Å². The van der Waals surface area contributed by atoms with E-state index in [1.165, 1.54) is 4.88 Å². The fourth-order valence-corrected chi connectivity index (χ4v) is 3.07. The first-order valence-electron chi connectivity index (χ1n) is 6.23. The predicted molar refractivity (Wildman–Crippen MR) is 69.4 cm³/mol. The predicted octanol–water partition coefficient (Wildman–Crippen LogP) is 2.16. The highest BCUT2D eigenvalue weighted by Gasteiger charge is 2.23. The van der Waals surface area contributed by atoms with E-state index in [2.05, 4.69) is 6.92 Å². The van der Waals surface area contributed by atoms with Gasteiger partial charge in [0.1, 0.15) is 0 Å². The molecule has 1 fully saturated rings. The lowest BCUT2D eigenvalue weighted by atomic mass is 9.98. The molecule has 1 N–H and O–H groups in total. The van der Waals surface area contributed by atoms with Crippen molar-refractivity contribution in [2.24, 2.45) is 5.92 Å². The van der Waals surface area contributed by atoms with Crippen molar-refractivity contribution in [2.75, 3.05) is 19.7 Å². The van der Waals surface area contributed by atoms with Crippen molar-refractivity contribution in [1.82, 2.24) is 4.90 Å². The van der Waals surface area contributed by atoms with Crippen molar-refractivity contribution in [3.8, 4) is 0 Å². The van der Waals surface area contributed by atoms with Crippen LogP contribution in [0.2, 0.25) is 0 Å². The number of carbonyl (C=O) groups is 1. The summed E-state index contributed by atoms with van der Waals surface area (Å²) in [5.74, 6) is 0.541. The van der Waals surface area contributed by atoms with Gasteiger partial charge < -0.3 is 10.0 Å². The van der Waals surface area contributed by atoms with E-state index < -0.39 is 0 Å². The molecule has 1 aromatic heterocycles. The molecule has 0 atom stereocenters. The summed E-state index contributed by atoms with van der Waals surface area (Å²) in [6.45, 7) is 3.92. The van der Waals surface area contributed by atoms with Gasteiger partial charge >= 0.3 is 0 Å². The number of amides is 1. The van der Waals surface area contributed by atoms with Gasteiger partial charge in [0, 0.05) is 24.6 Å². The van der Waals surface area contributed by atoms with Crippen molar-refractivity contribution in [3.05, 3.63) is 21.9 Å². The standard InChI is InChI=1S/C13H19NO2S/c1-2-11-3-4-12(17-11)13(16)14-7-5-10(9-15)6-8-14/h3-4,10,15H,2,5-9H2,1H3. The number of hydrogen-bond acceptors (Lipinski definition) is 3. The summed E-state index contributed by atoms with van der Waals surface area (Å²) >= 11 is 1.60. The molecule has 1 aromatic rings. The first kappa shape index (κ1) is 12.6. The fourth-order valence-electron chi connectivity index (χ4n) is 2.16. The molecule has 4 heteroatoms. The summed E-state index contributed by atoms with van der Waals surface area (Å²) in [6, 6.07) is 3.97. The molecule has 0 radical (unpaired) electrons. The zero-order valence-corrected chi connectivity index (χ0v) is 11.0. The molecule has 1 aliphatic heterocycles. The second-order valence-corrected chi connectivity index (χ2v) is 5.71. The SMILES string of the molecule is CCc1ccc(C(=O)N2CCC(CO)CC2)s1. The lowest BCUT2D eigenvalue weighted by Crippen LogP contribution is -2.38. The van der Waals surface area contributed by atoms with E-state index in [0.29, 0.717) is 5.92 Å². The summed E-state index contributed by atoms with van der Waals surface area (Å²) in [5.41, 5.74) is 0. The van der Waals surface area contributed by atoms with Gasteiger partial charge in [-0.25, -0.2) is 0 Å². The quantitative estimate of drug-likeness (QED) is 0.896. The Morgan fingerprint density at radius 2 is 2.18 bits per heavy atom. The summed E-state index contributed by atoms with van der Waals surface area (Å²) in [5, 5.41) is 9.07. The third kappa shape index (κ3) is 2.87. The third-order valence-corrected chi connectivity index (χ3v) is 4.60. The van der Waals surface area contributed by atoms with Crippen LogP contribution in [0.15, 0.2) is 12.1 Å². The first-order valence-corrected chi connectivity index (χ1v) is 7.05. The summed E-state index contributed by atoms with van der Waals surface area (Å²) in [7, 11) is 0. The van der Waals surface area contributed by atoms with Crippen LogP contribution in [-0.2, 0) is 6.42 Å². The Labute approximate surface area is 106 Å². The topological polar surface area (TPSA) is 40.5 Å². The van der Waals surface area contributed by atoms with E-state index in [-0.39, 0.29) is 12.5 Å². The van der Waals surface area contributed by atoms with E-state index >= 15 is 0 Å². The average molecular weight is 253 g/mol. The van der Waals surface area contributed by atoms with E-state index in [4.69, 9.17) is 5.11 Å². The molecule has 0 saturated carbocycles. The van der Waals surface area contributed by atoms with Crippen LogP contribution in [0.25, 0.3) is 0 Å². The molecular formula is C13H19NO2S. The van der Waals surface area contributed by atoms with Crippen molar-refractivity contribution >= 4 is 17.2 Å². The van der Waals surface area contributed by atoms with Gasteiger partial charge in [-0.1, -0.05) is 6.92 Å². The number of piperidine rings is 1. The highest BCUT2D eigenvalue weighted by molar-refractivity contribution is 7.14. The zero-order valence-electron chi connectivity index (χ0n) is 10.2. The minimum atomic E-state index is 0.158. The van der Waals surface area contributed by atoms with E-state index in [1.807, 2.05) is 17.0 Å². The van der Waals surface area contributed by atoms with Crippen LogP contribution in [-0.4, -0.2) is 35.6 Å². The number of hydrogen-bond donors (Lipinski definition) is 1. The molecule has 0 unspecified atom stereocenters. The molecule has 0 aromatic carbocycles. The Morgan fingerprint density at radius 3 is 2.71 bits per heavy atom. The Hall–Kier alpha value is -0.870. The molecule has 1 aliphatic rings. The third-order valence-electron chi connectivity index (χ3n) is 3.38. The van der Waals surface area contributed by atoms with E-state index in [9.17, 15) is 4.79 Å². The number of aliphatic hydroxyl groups excluding tert-OH is 1. The molecule has 0 spiro atoms. The van der Waals surface area contributed by atoms with Gasteiger partial charge in [-0.2, -0.15) is 0 Å². The molecule has 94 valence electrons. The van der Waals surface area contributed by atoms with Crippen molar-refractivity contribution in [2.45, 2.75) is 26.2 Å². The number of rotatable bonds is 3. The number of aliphatic hydroxyl groups is 1.